The first-order valence-electron chi connectivity index (χ1n) is 6.32. The number of benzene rings is 1. The predicted molar refractivity (Wildman–Crippen MR) is 75.4 cm³/mol. The highest BCUT2D eigenvalue weighted by Crippen LogP contribution is 2.31. The number of carboxylic acids is 1. The number of anilines is 2. The van der Waals surface area contributed by atoms with Gasteiger partial charge in [-0.2, -0.15) is 0 Å². The third-order valence-electron chi connectivity index (χ3n) is 3.24. The zero-order valence-electron chi connectivity index (χ0n) is 10.3. The van der Waals surface area contributed by atoms with Gasteiger partial charge in [0.15, 0.2) is 5.13 Å². The van der Waals surface area contributed by atoms with Crippen LogP contribution in [0.1, 0.15) is 33.8 Å². The van der Waals surface area contributed by atoms with Crippen LogP contribution in [0.25, 0.3) is 0 Å². The molecular formula is C14H14N2O2S. The van der Waals surface area contributed by atoms with Crippen molar-refractivity contribution in [3.63, 3.8) is 0 Å². The van der Waals surface area contributed by atoms with Crippen molar-refractivity contribution in [2.75, 3.05) is 5.32 Å². The number of nitrogens with zero attached hydrogens (tertiary/aromatic N) is 1. The maximum Gasteiger partial charge on any atom is 0.337 e. The van der Waals surface area contributed by atoms with Crippen molar-refractivity contribution < 1.29 is 9.90 Å². The summed E-state index contributed by atoms with van der Waals surface area (Å²) in [5, 5.41) is 13.1. The molecule has 0 saturated carbocycles. The Labute approximate surface area is 115 Å². The Bertz CT molecular complexity index is 598. The summed E-state index contributed by atoms with van der Waals surface area (Å²) in [5.74, 6) is -0.926. The van der Waals surface area contributed by atoms with Crippen molar-refractivity contribution >= 4 is 28.1 Å². The molecule has 98 valence electrons. The zero-order chi connectivity index (χ0) is 13.2. The topological polar surface area (TPSA) is 62.2 Å². The van der Waals surface area contributed by atoms with E-state index in [4.69, 9.17) is 5.11 Å². The van der Waals surface area contributed by atoms with Crippen LogP contribution in [0.2, 0.25) is 0 Å². The van der Waals surface area contributed by atoms with Crippen LogP contribution in [-0.4, -0.2) is 16.1 Å². The van der Waals surface area contributed by atoms with Crippen LogP contribution in [0.15, 0.2) is 24.3 Å². The van der Waals surface area contributed by atoms with Gasteiger partial charge in [-0.15, -0.1) is 11.3 Å². The summed E-state index contributed by atoms with van der Waals surface area (Å²) in [4.78, 5) is 17.0. The van der Waals surface area contributed by atoms with Gasteiger partial charge in [0.1, 0.15) is 0 Å². The Kier molecular flexibility index (Phi) is 3.21. The van der Waals surface area contributed by atoms with Gasteiger partial charge in [0.2, 0.25) is 0 Å². The molecule has 5 heteroatoms. The first-order valence-corrected chi connectivity index (χ1v) is 7.13. The van der Waals surface area contributed by atoms with E-state index in [9.17, 15) is 4.79 Å². The molecule has 0 bridgehead atoms. The fraction of sp³-hybridized carbons (Fsp3) is 0.286. The van der Waals surface area contributed by atoms with Crippen molar-refractivity contribution in [3.8, 4) is 0 Å². The van der Waals surface area contributed by atoms with E-state index < -0.39 is 5.97 Å². The summed E-state index contributed by atoms with van der Waals surface area (Å²) in [5.41, 5.74) is 2.04. The normalized spacial score (nSPS) is 13.9. The number of hydrogen-bond acceptors (Lipinski definition) is 4. The van der Waals surface area contributed by atoms with E-state index >= 15 is 0 Å². The average molecular weight is 274 g/mol. The predicted octanol–water partition coefficient (Wildman–Crippen LogP) is 3.46. The molecule has 3 rings (SSSR count). The SMILES string of the molecule is O=C(O)c1ccccc1Nc1nc2c(s1)CCCC2. The van der Waals surface area contributed by atoms with Crippen molar-refractivity contribution in [2.45, 2.75) is 25.7 Å². The number of carbonyl (C=O) groups is 1. The van der Waals surface area contributed by atoms with Gasteiger partial charge < -0.3 is 10.4 Å². The monoisotopic (exact) mass is 274 g/mol. The van der Waals surface area contributed by atoms with Gasteiger partial charge >= 0.3 is 5.97 Å². The molecular weight excluding hydrogens is 260 g/mol. The third kappa shape index (κ3) is 2.46. The Morgan fingerprint density at radius 2 is 2.05 bits per heavy atom. The largest absolute Gasteiger partial charge is 0.478 e. The van der Waals surface area contributed by atoms with Crippen molar-refractivity contribution in [2.24, 2.45) is 0 Å². The molecule has 0 unspecified atom stereocenters. The number of nitrogens with one attached hydrogen (secondary N) is 1. The van der Waals surface area contributed by atoms with Crippen LogP contribution in [0.5, 0.6) is 0 Å². The molecule has 19 heavy (non-hydrogen) atoms. The second-order valence-electron chi connectivity index (χ2n) is 4.57. The van der Waals surface area contributed by atoms with E-state index in [0.717, 1.165) is 18.0 Å². The van der Waals surface area contributed by atoms with Crippen molar-refractivity contribution in [3.05, 3.63) is 40.4 Å². The third-order valence-corrected chi connectivity index (χ3v) is 4.32. The zero-order valence-corrected chi connectivity index (χ0v) is 11.2. The lowest BCUT2D eigenvalue weighted by molar-refractivity contribution is 0.0698. The van der Waals surface area contributed by atoms with E-state index in [-0.39, 0.29) is 5.56 Å². The Morgan fingerprint density at radius 1 is 1.26 bits per heavy atom. The molecule has 0 aliphatic heterocycles. The molecule has 1 aromatic heterocycles. The minimum atomic E-state index is -0.926. The summed E-state index contributed by atoms with van der Waals surface area (Å²) >= 11 is 1.64. The van der Waals surface area contributed by atoms with E-state index in [0.29, 0.717) is 5.69 Å². The number of carboxylic acid groups (broad SMARTS) is 1. The fourth-order valence-corrected chi connectivity index (χ4v) is 3.36. The second kappa shape index (κ2) is 5.01. The Balaban J connectivity index is 1.89. The Hall–Kier alpha value is -1.88. The summed E-state index contributed by atoms with van der Waals surface area (Å²) in [6.07, 6.45) is 4.55. The van der Waals surface area contributed by atoms with E-state index in [1.165, 1.54) is 23.4 Å². The molecule has 1 aliphatic carbocycles. The number of para-hydroxylation sites is 1. The number of rotatable bonds is 3. The molecule has 2 N–H and O–H groups in total. The maximum atomic E-state index is 11.1. The number of aryl methyl sites for hydroxylation is 2. The highest BCUT2D eigenvalue weighted by molar-refractivity contribution is 7.15. The van der Waals surface area contributed by atoms with Crippen LogP contribution in [0.4, 0.5) is 10.8 Å². The van der Waals surface area contributed by atoms with Gasteiger partial charge in [-0.05, 0) is 37.8 Å². The molecule has 1 heterocycles. The van der Waals surface area contributed by atoms with Crippen LogP contribution < -0.4 is 5.32 Å². The first-order chi connectivity index (χ1) is 9.24. The molecule has 0 spiro atoms. The number of fused-ring (bicyclic) bond motifs is 1. The first kappa shape index (κ1) is 12.2. The minimum Gasteiger partial charge on any atom is -0.478 e. The molecule has 0 amide bonds. The molecule has 1 aliphatic rings. The highest BCUT2D eigenvalue weighted by Gasteiger charge is 2.16. The average Bonchev–Trinajstić information content (AvgIpc) is 2.81. The fourth-order valence-electron chi connectivity index (χ4n) is 2.30. The molecule has 0 atom stereocenters. The number of thiazole rings is 1. The maximum absolute atomic E-state index is 11.1. The summed E-state index contributed by atoms with van der Waals surface area (Å²) < 4.78 is 0. The molecule has 0 fully saturated rings. The van der Waals surface area contributed by atoms with Gasteiger partial charge in [0, 0.05) is 4.88 Å². The van der Waals surface area contributed by atoms with Crippen molar-refractivity contribution in [1.82, 2.24) is 4.98 Å². The van der Waals surface area contributed by atoms with Crippen LogP contribution in [0.3, 0.4) is 0 Å². The molecule has 4 nitrogen and oxygen atoms in total. The van der Waals surface area contributed by atoms with Crippen LogP contribution in [-0.2, 0) is 12.8 Å². The number of aromatic nitrogens is 1. The quantitative estimate of drug-likeness (QED) is 0.899. The van der Waals surface area contributed by atoms with Gasteiger partial charge in [-0.1, -0.05) is 12.1 Å². The van der Waals surface area contributed by atoms with Gasteiger partial charge in [0.25, 0.3) is 0 Å². The molecule has 2 aromatic rings. The lowest BCUT2D eigenvalue weighted by Gasteiger charge is -2.06. The Morgan fingerprint density at radius 3 is 2.84 bits per heavy atom. The van der Waals surface area contributed by atoms with Crippen LogP contribution >= 0.6 is 11.3 Å². The minimum absolute atomic E-state index is 0.274. The summed E-state index contributed by atoms with van der Waals surface area (Å²) in [7, 11) is 0. The van der Waals surface area contributed by atoms with Gasteiger partial charge in [-0.25, -0.2) is 9.78 Å². The molecule has 0 saturated heterocycles. The lowest BCUT2D eigenvalue weighted by Crippen LogP contribution is -2.02. The highest BCUT2D eigenvalue weighted by atomic mass is 32.1. The summed E-state index contributed by atoms with van der Waals surface area (Å²) in [6.45, 7) is 0. The lowest BCUT2D eigenvalue weighted by atomic mass is 10.0. The van der Waals surface area contributed by atoms with Gasteiger partial charge in [-0.3, -0.25) is 0 Å². The second-order valence-corrected chi connectivity index (χ2v) is 5.66. The molecule has 1 aromatic carbocycles. The van der Waals surface area contributed by atoms with Crippen molar-refractivity contribution in [1.29, 1.82) is 0 Å². The number of aromatic carboxylic acids is 1. The number of hydrogen-bond donors (Lipinski definition) is 2. The standard InChI is InChI=1S/C14H14N2O2S/c17-13(18)9-5-1-2-6-10(9)15-14-16-11-7-3-4-8-12(11)19-14/h1-2,5-6H,3-4,7-8H2,(H,15,16)(H,17,18). The summed E-state index contributed by atoms with van der Waals surface area (Å²) in [6, 6.07) is 6.91. The van der Waals surface area contributed by atoms with Gasteiger partial charge in [0.05, 0.1) is 16.9 Å². The smallest absolute Gasteiger partial charge is 0.337 e. The van der Waals surface area contributed by atoms with Crippen LogP contribution in [0, 0.1) is 0 Å². The van der Waals surface area contributed by atoms with E-state index in [1.807, 2.05) is 6.07 Å². The molecule has 0 radical (unpaired) electrons. The van der Waals surface area contributed by atoms with E-state index in [2.05, 4.69) is 10.3 Å². The van der Waals surface area contributed by atoms with E-state index in [1.54, 1.807) is 29.5 Å².